The number of amidine groups is 1. The Balaban J connectivity index is 1.75. The molecule has 1 heterocycles. The summed E-state index contributed by atoms with van der Waals surface area (Å²) in [5.74, 6) is 0.797. The first-order valence-corrected chi connectivity index (χ1v) is 11.2. The van der Waals surface area contributed by atoms with Gasteiger partial charge >= 0.3 is 0 Å². The van der Waals surface area contributed by atoms with Gasteiger partial charge in [-0.2, -0.15) is 0 Å². The molecule has 28 heavy (non-hydrogen) atoms. The third-order valence-corrected chi connectivity index (χ3v) is 6.35. The number of halogens is 2. The molecule has 0 bridgehead atoms. The molecule has 0 spiro atoms. The molecular formula is C21H20ClIN2O2S. The third kappa shape index (κ3) is 4.90. The summed E-state index contributed by atoms with van der Waals surface area (Å²) in [5, 5.41) is 1.47. The van der Waals surface area contributed by atoms with Gasteiger partial charge in [-0.1, -0.05) is 35.9 Å². The molecule has 2 aromatic rings. The summed E-state index contributed by atoms with van der Waals surface area (Å²) < 4.78 is 6.90. The maximum atomic E-state index is 12.6. The van der Waals surface area contributed by atoms with Crippen molar-refractivity contribution in [3.63, 3.8) is 0 Å². The van der Waals surface area contributed by atoms with E-state index in [0.29, 0.717) is 29.6 Å². The van der Waals surface area contributed by atoms with Crippen molar-refractivity contribution in [1.29, 1.82) is 0 Å². The number of amides is 1. The monoisotopic (exact) mass is 526 g/mol. The zero-order valence-corrected chi connectivity index (χ0v) is 19.3. The van der Waals surface area contributed by atoms with Crippen LogP contribution >= 0.6 is 46.0 Å². The molecule has 0 unspecified atom stereocenters. The summed E-state index contributed by atoms with van der Waals surface area (Å²) >= 11 is 9.86. The smallest absolute Gasteiger partial charge is 0.266 e. The van der Waals surface area contributed by atoms with E-state index >= 15 is 0 Å². The lowest BCUT2D eigenvalue weighted by Gasteiger charge is -2.11. The van der Waals surface area contributed by atoms with Gasteiger partial charge in [0.15, 0.2) is 5.17 Å². The number of ether oxygens (including phenoxy) is 1. The Hall–Kier alpha value is -1.51. The normalized spacial score (nSPS) is 17.0. The largest absolute Gasteiger partial charge is 0.488 e. The molecule has 1 fully saturated rings. The van der Waals surface area contributed by atoms with Crippen molar-refractivity contribution in [3.8, 4) is 5.75 Å². The van der Waals surface area contributed by atoms with Crippen LogP contribution in [0, 0.1) is 3.57 Å². The number of hydrogen-bond acceptors (Lipinski definition) is 4. The highest BCUT2D eigenvalue weighted by Crippen LogP contribution is 2.33. The van der Waals surface area contributed by atoms with Crippen LogP contribution in [0.15, 0.2) is 52.4 Å². The minimum Gasteiger partial charge on any atom is -0.488 e. The maximum Gasteiger partial charge on any atom is 0.266 e. The van der Waals surface area contributed by atoms with E-state index in [4.69, 9.17) is 16.3 Å². The molecule has 1 amide bonds. The molecule has 0 saturated carbocycles. The average Bonchev–Trinajstić information content (AvgIpc) is 2.97. The van der Waals surface area contributed by atoms with E-state index in [1.54, 1.807) is 4.90 Å². The van der Waals surface area contributed by atoms with Crippen LogP contribution in [0.4, 0.5) is 0 Å². The van der Waals surface area contributed by atoms with Crippen LogP contribution in [-0.2, 0) is 11.4 Å². The van der Waals surface area contributed by atoms with Crippen LogP contribution in [-0.4, -0.2) is 29.1 Å². The van der Waals surface area contributed by atoms with Gasteiger partial charge in [0.05, 0.1) is 8.48 Å². The van der Waals surface area contributed by atoms with Crippen LogP contribution in [0.25, 0.3) is 6.08 Å². The lowest BCUT2D eigenvalue weighted by atomic mass is 10.2. The Morgan fingerprint density at radius 1 is 1.25 bits per heavy atom. The number of benzene rings is 2. The van der Waals surface area contributed by atoms with Crippen LogP contribution in [0.1, 0.15) is 25.0 Å². The second-order valence-corrected chi connectivity index (χ2v) is 8.57. The molecule has 1 aliphatic heterocycles. The Labute approximate surface area is 188 Å². The van der Waals surface area contributed by atoms with E-state index in [1.165, 1.54) is 11.8 Å². The first kappa shape index (κ1) is 21.2. The number of carbonyl (C=O) groups excluding carboxylic acids is 1. The third-order valence-electron chi connectivity index (χ3n) is 4.09. The maximum absolute atomic E-state index is 12.6. The number of likely N-dealkylation sites (N-methyl/N-ethyl adjacent to an activating group) is 1. The van der Waals surface area contributed by atoms with Gasteiger partial charge in [0, 0.05) is 23.7 Å². The number of aliphatic imine (C=N–C) groups is 1. The summed E-state index contributed by atoms with van der Waals surface area (Å²) in [6.07, 6.45) is 1.91. The van der Waals surface area contributed by atoms with Gasteiger partial charge in [-0.15, -0.1) is 0 Å². The van der Waals surface area contributed by atoms with E-state index < -0.39 is 0 Å². The zero-order chi connectivity index (χ0) is 20.1. The fourth-order valence-electron chi connectivity index (χ4n) is 2.69. The molecule has 1 saturated heterocycles. The molecule has 0 aromatic heterocycles. The van der Waals surface area contributed by atoms with Crippen molar-refractivity contribution >= 4 is 63.1 Å². The number of nitrogens with zero attached hydrogens (tertiary/aromatic N) is 2. The molecule has 1 aliphatic rings. The molecular weight excluding hydrogens is 507 g/mol. The second kappa shape index (κ2) is 9.80. The second-order valence-electron chi connectivity index (χ2n) is 5.99. The van der Waals surface area contributed by atoms with Gasteiger partial charge in [0.25, 0.3) is 5.91 Å². The molecule has 0 radical (unpaired) electrons. The fourth-order valence-corrected chi connectivity index (χ4v) is 4.68. The lowest BCUT2D eigenvalue weighted by Crippen LogP contribution is -2.28. The SMILES string of the molecule is CCN=C1S/C(=C/c2ccc(OCc3ccccc3Cl)c(I)c2)C(=O)N1CC. The Morgan fingerprint density at radius 2 is 2.04 bits per heavy atom. The minimum atomic E-state index is 0.00811. The average molecular weight is 527 g/mol. The van der Waals surface area contributed by atoms with Crippen molar-refractivity contribution in [3.05, 3.63) is 67.1 Å². The van der Waals surface area contributed by atoms with Crippen molar-refractivity contribution in [2.75, 3.05) is 13.1 Å². The Morgan fingerprint density at radius 3 is 2.71 bits per heavy atom. The van der Waals surface area contributed by atoms with Crippen molar-refractivity contribution in [1.82, 2.24) is 4.90 Å². The summed E-state index contributed by atoms with van der Waals surface area (Å²) in [6.45, 7) is 5.62. The summed E-state index contributed by atoms with van der Waals surface area (Å²) in [5.41, 5.74) is 1.90. The van der Waals surface area contributed by atoms with E-state index in [9.17, 15) is 4.79 Å². The highest BCUT2D eigenvalue weighted by Gasteiger charge is 2.31. The molecule has 7 heteroatoms. The number of thioether (sulfide) groups is 1. The summed E-state index contributed by atoms with van der Waals surface area (Å²) in [6, 6.07) is 13.5. The fraction of sp³-hybridized carbons (Fsp3) is 0.238. The van der Waals surface area contributed by atoms with Crippen molar-refractivity contribution in [2.45, 2.75) is 20.5 Å². The predicted molar refractivity (Wildman–Crippen MR) is 126 cm³/mol. The van der Waals surface area contributed by atoms with Gasteiger partial charge in [-0.3, -0.25) is 14.7 Å². The van der Waals surface area contributed by atoms with Crippen molar-refractivity contribution < 1.29 is 9.53 Å². The van der Waals surface area contributed by atoms with Gasteiger partial charge in [-0.25, -0.2) is 0 Å². The first-order chi connectivity index (χ1) is 13.5. The lowest BCUT2D eigenvalue weighted by molar-refractivity contribution is -0.122. The first-order valence-electron chi connectivity index (χ1n) is 8.95. The van der Waals surface area contributed by atoms with Crippen molar-refractivity contribution in [2.24, 2.45) is 4.99 Å². The number of rotatable bonds is 6. The summed E-state index contributed by atoms with van der Waals surface area (Å²) in [7, 11) is 0. The number of carbonyl (C=O) groups is 1. The minimum absolute atomic E-state index is 0.00811. The van der Waals surface area contributed by atoms with Crippen LogP contribution in [0.3, 0.4) is 0 Å². The highest BCUT2D eigenvalue weighted by atomic mass is 127. The molecule has 0 N–H and O–H groups in total. The molecule has 0 atom stereocenters. The van der Waals surface area contributed by atoms with E-state index in [-0.39, 0.29) is 5.91 Å². The van der Waals surface area contributed by atoms with Gasteiger partial charge < -0.3 is 4.74 Å². The van der Waals surface area contributed by atoms with E-state index in [1.807, 2.05) is 62.4 Å². The topological polar surface area (TPSA) is 41.9 Å². The standard InChI is InChI=1S/C21H20ClIN2O2S/c1-3-24-21-25(4-2)20(26)19(28-21)12-14-9-10-18(17(23)11-14)27-13-15-7-5-6-8-16(15)22/h5-12H,3-4,13H2,1-2H3/b19-12+,24-21?. The predicted octanol–water partition coefficient (Wildman–Crippen LogP) is 5.84. The Kier molecular flexibility index (Phi) is 7.42. The van der Waals surface area contributed by atoms with Crippen LogP contribution in [0.2, 0.25) is 5.02 Å². The summed E-state index contributed by atoms with van der Waals surface area (Å²) in [4.78, 5) is 19.4. The molecule has 4 nitrogen and oxygen atoms in total. The Bertz CT molecular complexity index is 946. The molecule has 3 rings (SSSR count). The highest BCUT2D eigenvalue weighted by molar-refractivity contribution is 14.1. The quantitative estimate of drug-likeness (QED) is 0.351. The van der Waals surface area contributed by atoms with E-state index in [2.05, 4.69) is 27.6 Å². The van der Waals surface area contributed by atoms with Crippen LogP contribution < -0.4 is 4.74 Å². The molecule has 2 aromatic carbocycles. The van der Waals surface area contributed by atoms with Gasteiger partial charge in [0.1, 0.15) is 12.4 Å². The van der Waals surface area contributed by atoms with Crippen LogP contribution in [0.5, 0.6) is 5.75 Å². The molecule has 0 aliphatic carbocycles. The zero-order valence-electron chi connectivity index (χ0n) is 15.6. The van der Waals surface area contributed by atoms with E-state index in [0.717, 1.165) is 25.6 Å². The van der Waals surface area contributed by atoms with Gasteiger partial charge in [0.2, 0.25) is 0 Å². The number of hydrogen-bond donors (Lipinski definition) is 0. The molecule has 146 valence electrons. The van der Waals surface area contributed by atoms with Gasteiger partial charge in [-0.05, 0) is 78.0 Å².